The second kappa shape index (κ2) is 3.83. The van der Waals surface area contributed by atoms with Crippen molar-refractivity contribution in [1.82, 2.24) is 4.98 Å². The molecule has 0 atom stereocenters. The largest absolute Gasteiger partial charge is 0.397 e. The van der Waals surface area contributed by atoms with Gasteiger partial charge >= 0.3 is 0 Å². The zero-order valence-electron chi connectivity index (χ0n) is 9.20. The van der Waals surface area contributed by atoms with E-state index in [-0.39, 0.29) is 0 Å². The maximum absolute atomic E-state index is 6.20. The highest BCUT2D eigenvalue weighted by Gasteiger charge is 2.20. The van der Waals surface area contributed by atoms with Crippen LogP contribution in [0.4, 0.5) is 5.69 Å². The Balaban J connectivity index is 2.05. The number of aromatic amines is 1. The van der Waals surface area contributed by atoms with Gasteiger partial charge in [-0.2, -0.15) is 0 Å². The molecule has 3 rings (SSSR count). The molecule has 0 saturated carbocycles. The smallest absolute Gasteiger partial charge is 0.0607 e. The number of nitrogens with two attached hydrogens (primary N) is 1. The van der Waals surface area contributed by atoms with Crippen LogP contribution in [0.5, 0.6) is 0 Å². The van der Waals surface area contributed by atoms with E-state index < -0.39 is 0 Å². The van der Waals surface area contributed by atoms with Crippen LogP contribution in [0.1, 0.15) is 24.5 Å². The SMILES string of the molecule is Nc1c(C2CCOCC2)[nH]c2ccccc12. The van der Waals surface area contributed by atoms with Gasteiger partial charge in [-0.15, -0.1) is 0 Å². The number of nitrogen functional groups attached to an aromatic ring is 1. The van der Waals surface area contributed by atoms with E-state index in [1.54, 1.807) is 0 Å². The molecule has 0 amide bonds. The summed E-state index contributed by atoms with van der Waals surface area (Å²) in [7, 11) is 0. The number of anilines is 1. The Hall–Kier alpha value is -1.48. The lowest BCUT2D eigenvalue weighted by atomic mass is 9.95. The van der Waals surface area contributed by atoms with Gasteiger partial charge in [0.05, 0.1) is 5.69 Å². The minimum Gasteiger partial charge on any atom is -0.397 e. The minimum absolute atomic E-state index is 0.529. The highest BCUT2D eigenvalue weighted by molar-refractivity contribution is 5.93. The maximum Gasteiger partial charge on any atom is 0.0607 e. The van der Waals surface area contributed by atoms with Gasteiger partial charge in [-0.1, -0.05) is 18.2 Å². The molecule has 16 heavy (non-hydrogen) atoms. The maximum atomic E-state index is 6.20. The van der Waals surface area contributed by atoms with E-state index in [0.29, 0.717) is 5.92 Å². The Morgan fingerprint density at radius 3 is 2.69 bits per heavy atom. The average Bonchev–Trinajstić information content (AvgIpc) is 2.69. The van der Waals surface area contributed by atoms with E-state index in [9.17, 15) is 0 Å². The second-order valence-electron chi connectivity index (χ2n) is 4.38. The summed E-state index contributed by atoms with van der Waals surface area (Å²) < 4.78 is 5.38. The number of benzene rings is 1. The third-order valence-electron chi connectivity index (χ3n) is 3.41. The fourth-order valence-corrected chi connectivity index (χ4v) is 2.49. The Morgan fingerprint density at radius 2 is 1.94 bits per heavy atom. The van der Waals surface area contributed by atoms with Crippen LogP contribution in [-0.2, 0) is 4.74 Å². The van der Waals surface area contributed by atoms with E-state index in [4.69, 9.17) is 10.5 Å². The van der Waals surface area contributed by atoms with Crippen molar-refractivity contribution in [2.75, 3.05) is 18.9 Å². The number of H-pyrrole nitrogens is 1. The van der Waals surface area contributed by atoms with Gasteiger partial charge < -0.3 is 15.5 Å². The summed E-state index contributed by atoms with van der Waals surface area (Å²) in [6, 6.07) is 8.21. The van der Waals surface area contributed by atoms with Crippen molar-refractivity contribution in [3.63, 3.8) is 0 Å². The van der Waals surface area contributed by atoms with E-state index in [1.807, 2.05) is 12.1 Å². The fourth-order valence-electron chi connectivity index (χ4n) is 2.49. The van der Waals surface area contributed by atoms with Gasteiger partial charge in [0, 0.05) is 35.7 Å². The summed E-state index contributed by atoms with van der Waals surface area (Å²) in [6.07, 6.45) is 2.13. The van der Waals surface area contributed by atoms with Crippen LogP contribution in [-0.4, -0.2) is 18.2 Å². The van der Waals surface area contributed by atoms with Gasteiger partial charge in [0.15, 0.2) is 0 Å². The summed E-state index contributed by atoms with van der Waals surface area (Å²) in [5.41, 5.74) is 9.46. The molecule has 2 aromatic rings. The van der Waals surface area contributed by atoms with Gasteiger partial charge in [0.2, 0.25) is 0 Å². The number of ether oxygens (including phenoxy) is 1. The second-order valence-corrected chi connectivity index (χ2v) is 4.38. The summed E-state index contributed by atoms with van der Waals surface area (Å²) in [6.45, 7) is 1.69. The predicted molar refractivity (Wildman–Crippen MR) is 65.5 cm³/mol. The highest BCUT2D eigenvalue weighted by atomic mass is 16.5. The fraction of sp³-hybridized carbons (Fsp3) is 0.385. The molecule has 1 aromatic carbocycles. The number of nitrogens with one attached hydrogen (secondary N) is 1. The summed E-state index contributed by atoms with van der Waals surface area (Å²) in [4.78, 5) is 3.45. The van der Waals surface area contributed by atoms with E-state index in [0.717, 1.165) is 42.6 Å². The molecule has 1 aromatic heterocycles. The molecule has 1 fully saturated rings. The Bertz CT molecular complexity index is 498. The van der Waals surface area contributed by atoms with Crippen LogP contribution < -0.4 is 5.73 Å². The van der Waals surface area contributed by atoms with E-state index in [1.165, 1.54) is 5.69 Å². The molecule has 0 unspecified atom stereocenters. The molecule has 0 aliphatic carbocycles. The first-order valence-electron chi connectivity index (χ1n) is 5.80. The van der Waals surface area contributed by atoms with E-state index >= 15 is 0 Å². The van der Waals surface area contributed by atoms with Crippen LogP contribution >= 0.6 is 0 Å². The standard InChI is InChI=1S/C13H16N2O/c14-12-10-3-1-2-4-11(10)15-13(12)9-5-7-16-8-6-9/h1-4,9,15H,5-8,14H2. The molecular weight excluding hydrogens is 200 g/mol. The summed E-state index contributed by atoms with van der Waals surface area (Å²) in [5, 5.41) is 1.14. The normalized spacial score (nSPS) is 18.0. The lowest BCUT2D eigenvalue weighted by Gasteiger charge is -2.21. The zero-order valence-corrected chi connectivity index (χ0v) is 9.20. The number of hydrogen-bond donors (Lipinski definition) is 2. The van der Waals surface area contributed by atoms with Crippen molar-refractivity contribution >= 4 is 16.6 Å². The first kappa shape index (κ1) is 9.73. The van der Waals surface area contributed by atoms with Crippen molar-refractivity contribution in [1.29, 1.82) is 0 Å². The van der Waals surface area contributed by atoms with Gasteiger partial charge in [-0.25, -0.2) is 0 Å². The minimum atomic E-state index is 0.529. The summed E-state index contributed by atoms with van der Waals surface area (Å²) in [5.74, 6) is 0.529. The highest BCUT2D eigenvalue weighted by Crippen LogP contribution is 2.34. The third-order valence-corrected chi connectivity index (χ3v) is 3.41. The molecule has 0 spiro atoms. The zero-order chi connectivity index (χ0) is 11.0. The van der Waals surface area contributed by atoms with Crippen molar-refractivity contribution < 1.29 is 4.74 Å². The molecular formula is C13H16N2O. The molecule has 1 aliphatic rings. The molecule has 1 aliphatic heterocycles. The van der Waals surface area contributed by atoms with Crippen LogP contribution in [0.15, 0.2) is 24.3 Å². The molecule has 2 heterocycles. The lowest BCUT2D eigenvalue weighted by molar-refractivity contribution is 0.0848. The van der Waals surface area contributed by atoms with E-state index in [2.05, 4.69) is 17.1 Å². The number of para-hydroxylation sites is 1. The molecule has 3 nitrogen and oxygen atoms in total. The lowest BCUT2D eigenvalue weighted by Crippen LogP contribution is -2.15. The van der Waals surface area contributed by atoms with Crippen molar-refractivity contribution in [2.45, 2.75) is 18.8 Å². The summed E-state index contributed by atoms with van der Waals surface area (Å²) >= 11 is 0. The van der Waals surface area contributed by atoms with Crippen molar-refractivity contribution in [3.8, 4) is 0 Å². The number of fused-ring (bicyclic) bond motifs is 1. The number of aromatic nitrogens is 1. The molecule has 1 saturated heterocycles. The Morgan fingerprint density at radius 1 is 1.19 bits per heavy atom. The Kier molecular flexibility index (Phi) is 2.33. The van der Waals surface area contributed by atoms with Gasteiger partial charge in [-0.05, 0) is 18.9 Å². The van der Waals surface area contributed by atoms with Crippen LogP contribution in [0.2, 0.25) is 0 Å². The van der Waals surface area contributed by atoms with Crippen LogP contribution in [0, 0.1) is 0 Å². The third kappa shape index (κ3) is 1.48. The first-order chi connectivity index (χ1) is 7.86. The molecule has 3 heteroatoms. The van der Waals surface area contributed by atoms with Gasteiger partial charge in [0.25, 0.3) is 0 Å². The monoisotopic (exact) mass is 216 g/mol. The van der Waals surface area contributed by atoms with Crippen molar-refractivity contribution in [2.24, 2.45) is 0 Å². The Labute approximate surface area is 94.6 Å². The molecule has 0 bridgehead atoms. The number of hydrogen-bond acceptors (Lipinski definition) is 2. The van der Waals surface area contributed by atoms with Crippen LogP contribution in [0.3, 0.4) is 0 Å². The molecule has 84 valence electrons. The predicted octanol–water partition coefficient (Wildman–Crippen LogP) is 2.64. The molecule has 0 radical (unpaired) electrons. The van der Waals surface area contributed by atoms with Gasteiger partial charge in [0.1, 0.15) is 0 Å². The van der Waals surface area contributed by atoms with Crippen LogP contribution in [0.25, 0.3) is 10.9 Å². The number of rotatable bonds is 1. The van der Waals surface area contributed by atoms with Gasteiger partial charge in [-0.3, -0.25) is 0 Å². The first-order valence-corrected chi connectivity index (χ1v) is 5.80. The topological polar surface area (TPSA) is 51.0 Å². The quantitative estimate of drug-likeness (QED) is 0.770. The van der Waals surface area contributed by atoms with Crippen molar-refractivity contribution in [3.05, 3.63) is 30.0 Å². The molecule has 3 N–H and O–H groups in total. The average molecular weight is 216 g/mol.